The van der Waals surface area contributed by atoms with Crippen molar-refractivity contribution < 1.29 is 9.59 Å². The van der Waals surface area contributed by atoms with Crippen LogP contribution in [0.3, 0.4) is 0 Å². The quantitative estimate of drug-likeness (QED) is 0.603. The van der Waals surface area contributed by atoms with E-state index in [1.807, 2.05) is 38.1 Å². The minimum Gasteiger partial charge on any atom is -0.368 e. The molecule has 0 aromatic heterocycles. The van der Waals surface area contributed by atoms with E-state index in [4.69, 9.17) is 11.5 Å². The van der Waals surface area contributed by atoms with Crippen LogP contribution < -0.4 is 16.8 Å². The number of amides is 2. The molecule has 1 atom stereocenters. The number of benzene rings is 1. The maximum absolute atomic E-state index is 12.7. The highest BCUT2D eigenvalue weighted by atomic mass is 35.5. The lowest BCUT2D eigenvalue weighted by atomic mass is 9.81. The number of likely N-dealkylation sites (tertiary alicyclic amines) is 1. The Morgan fingerprint density at radius 3 is 2.48 bits per heavy atom. The zero-order chi connectivity index (χ0) is 18.4. The second-order valence-corrected chi connectivity index (χ2v) is 6.88. The van der Waals surface area contributed by atoms with E-state index in [2.05, 4.69) is 10.2 Å². The molecular weight excluding hydrogens is 387 g/mol. The van der Waals surface area contributed by atoms with Crippen LogP contribution in [0.15, 0.2) is 24.3 Å². The molecule has 1 aromatic carbocycles. The Morgan fingerprint density at radius 1 is 1.26 bits per heavy atom. The van der Waals surface area contributed by atoms with Gasteiger partial charge in [0.2, 0.25) is 11.8 Å². The molecule has 1 unspecified atom stereocenters. The lowest BCUT2D eigenvalue weighted by Gasteiger charge is -2.28. The Bertz CT molecular complexity index is 615. The molecule has 1 fully saturated rings. The van der Waals surface area contributed by atoms with Crippen molar-refractivity contribution in [3.8, 4) is 0 Å². The van der Waals surface area contributed by atoms with Crippen molar-refractivity contribution in [2.24, 2.45) is 16.9 Å². The monoisotopic (exact) mass is 418 g/mol. The molecule has 8 heteroatoms. The molecule has 1 aliphatic rings. The highest BCUT2D eigenvalue weighted by Gasteiger charge is 2.33. The molecule has 5 N–H and O–H groups in total. The molecule has 2 rings (SSSR count). The third-order valence-electron chi connectivity index (χ3n) is 5.49. The minimum atomic E-state index is -0.526. The van der Waals surface area contributed by atoms with Gasteiger partial charge in [-0.3, -0.25) is 14.5 Å². The molecule has 1 heterocycles. The highest BCUT2D eigenvalue weighted by molar-refractivity contribution is 5.95. The van der Waals surface area contributed by atoms with E-state index in [1.54, 1.807) is 0 Å². The van der Waals surface area contributed by atoms with Crippen LogP contribution in [-0.2, 0) is 16.1 Å². The lowest BCUT2D eigenvalue weighted by Crippen LogP contribution is -2.41. The van der Waals surface area contributed by atoms with Crippen molar-refractivity contribution in [2.45, 2.75) is 52.1 Å². The van der Waals surface area contributed by atoms with Crippen LogP contribution in [0.2, 0.25) is 0 Å². The van der Waals surface area contributed by atoms with E-state index >= 15 is 0 Å². The first kappa shape index (κ1) is 25.7. The third-order valence-corrected chi connectivity index (χ3v) is 5.49. The van der Waals surface area contributed by atoms with Gasteiger partial charge in [0.25, 0.3) is 0 Å². The first-order chi connectivity index (χ1) is 12.0. The molecule has 0 bridgehead atoms. The standard InChI is InChI=1S/C19H30N4O2.2ClH/c1-3-19(4-2,13-20)18(25)22-15-8-5-7-14(11-15)12-23-10-6-9-16(23)17(21)24;;/h5,7-8,11,16H,3-4,6,9-10,12-13,20H2,1-2H3,(H2,21,24)(H,22,25);2*1H. The number of primary amides is 1. The predicted octanol–water partition coefficient (Wildman–Crippen LogP) is 2.68. The second-order valence-electron chi connectivity index (χ2n) is 6.88. The number of hydrogen-bond acceptors (Lipinski definition) is 4. The second kappa shape index (κ2) is 11.5. The van der Waals surface area contributed by atoms with Crippen LogP contribution in [0.4, 0.5) is 5.69 Å². The molecule has 2 amide bonds. The Hall–Kier alpha value is -1.34. The Balaban J connectivity index is 0.00000338. The zero-order valence-electron chi connectivity index (χ0n) is 16.1. The topological polar surface area (TPSA) is 101 Å². The first-order valence-electron chi connectivity index (χ1n) is 9.09. The molecule has 1 saturated heterocycles. The summed E-state index contributed by atoms with van der Waals surface area (Å²) in [7, 11) is 0. The SMILES string of the molecule is CCC(CC)(CN)C(=O)Nc1cccc(CN2CCCC2C(N)=O)c1.Cl.Cl. The van der Waals surface area contributed by atoms with Crippen molar-refractivity contribution in [3.05, 3.63) is 29.8 Å². The van der Waals surface area contributed by atoms with Gasteiger partial charge in [-0.1, -0.05) is 26.0 Å². The van der Waals surface area contributed by atoms with Gasteiger partial charge in [0.1, 0.15) is 0 Å². The van der Waals surface area contributed by atoms with Crippen LogP contribution in [0.1, 0.15) is 45.1 Å². The van der Waals surface area contributed by atoms with Crippen molar-refractivity contribution in [1.29, 1.82) is 0 Å². The average molecular weight is 419 g/mol. The summed E-state index contributed by atoms with van der Waals surface area (Å²) < 4.78 is 0. The predicted molar refractivity (Wildman–Crippen MR) is 114 cm³/mol. The fourth-order valence-corrected chi connectivity index (χ4v) is 3.54. The summed E-state index contributed by atoms with van der Waals surface area (Å²) >= 11 is 0. The van der Waals surface area contributed by atoms with E-state index in [0.717, 1.165) is 30.6 Å². The molecule has 1 aromatic rings. The summed E-state index contributed by atoms with van der Waals surface area (Å²) in [6.45, 7) is 5.83. The van der Waals surface area contributed by atoms with Crippen LogP contribution in [-0.4, -0.2) is 35.8 Å². The first-order valence-corrected chi connectivity index (χ1v) is 9.09. The van der Waals surface area contributed by atoms with Gasteiger partial charge in [-0.15, -0.1) is 24.8 Å². The largest absolute Gasteiger partial charge is 0.368 e. The highest BCUT2D eigenvalue weighted by Crippen LogP contribution is 2.27. The van der Waals surface area contributed by atoms with Crippen molar-refractivity contribution >= 4 is 42.3 Å². The zero-order valence-corrected chi connectivity index (χ0v) is 17.7. The fraction of sp³-hybridized carbons (Fsp3) is 0.579. The van der Waals surface area contributed by atoms with E-state index < -0.39 is 5.41 Å². The Morgan fingerprint density at radius 2 is 1.93 bits per heavy atom. The number of nitrogens with two attached hydrogens (primary N) is 2. The summed E-state index contributed by atoms with van der Waals surface area (Å²) in [5.41, 5.74) is 12.6. The number of rotatable bonds is 8. The van der Waals surface area contributed by atoms with E-state index in [0.29, 0.717) is 25.9 Å². The molecular formula is C19H32Cl2N4O2. The summed E-state index contributed by atoms with van der Waals surface area (Å²) in [5, 5.41) is 3.01. The number of halogens is 2. The van der Waals surface area contributed by atoms with E-state index in [9.17, 15) is 9.59 Å². The van der Waals surface area contributed by atoms with Crippen LogP contribution in [0.5, 0.6) is 0 Å². The summed E-state index contributed by atoms with van der Waals surface area (Å²) in [6.07, 6.45) is 3.22. The summed E-state index contributed by atoms with van der Waals surface area (Å²) in [5.74, 6) is -0.297. The number of carbonyl (C=O) groups is 2. The normalized spacial score (nSPS) is 16.9. The van der Waals surface area contributed by atoms with Crippen LogP contribution in [0, 0.1) is 5.41 Å². The van der Waals surface area contributed by atoms with Gasteiger partial charge in [0.15, 0.2) is 0 Å². The fourth-order valence-electron chi connectivity index (χ4n) is 3.54. The summed E-state index contributed by atoms with van der Waals surface area (Å²) in [4.78, 5) is 26.3. The van der Waals surface area contributed by atoms with E-state index in [1.165, 1.54) is 0 Å². The molecule has 27 heavy (non-hydrogen) atoms. The Labute approximate surface area is 174 Å². The van der Waals surface area contributed by atoms with Gasteiger partial charge in [-0.25, -0.2) is 0 Å². The maximum atomic E-state index is 12.7. The molecule has 0 radical (unpaired) electrons. The number of nitrogens with one attached hydrogen (secondary N) is 1. The van der Waals surface area contributed by atoms with Crippen LogP contribution >= 0.6 is 24.8 Å². The summed E-state index contributed by atoms with van der Waals surface area (Å²) in [6, 6.07) is 7.57. The number of hydrogen-bond donors (Lipinski definition) is 3. The molecule has 1 aliphatic heterocycles. The van der Waals surface area contributed by atoms with Crippen molar-refractivity contribution in [3.63, 3.8) is 0 Å². The Kier molecular flexibility index (Phi) is 10.9. The van der Waals surface area contributed by atoms with Crippen LogP contribution in [0.25, 0.3) is 0 Å². The van der Waals surface area contributed by atoms with Gasteiger partial charge >= 0.3 is 0 Å². The molecule has 154 valence electrons. The van der Waals surface area contributed by atoms with Gasteiger partial charge in [0, 0.05) is 18.8 Å². The van der Waals surface area contributed by atoms with Gasteiger partial charge < -0.3 is 16.8 Å². The number of nitrogens with zero attached hydrogens (tertiary/aromatic N) is 1. The van der Waals surface area contributed by atoms with Gasteiger partial charge in [-0.05, 0) is 49.9 Å². The molecule has 0 saturated carbocycles. The lowest BCUT2D eigenvalue weighted by molar-refractivity contribution is -0.125. The van der Waals surface area contributed by atoms with Crippen molar-refractivity contribution in [1.82, 2.24) is 4.90 Å². The van der Waals surface area contributed by atoms with Gasteiger partial charge in [0.05, 0.1) is 11.5 Å². The maximum Gasteiger partial charge on any atom is 0.234 e. The number of anilines is 1. The average Bonchev–Trinajstić information content (AvgIpc) is 3.06. The van der Waals surface area contributed by atoms with Gasteiger partial charge in [-0.2, -0.15) is 0 Å². The molecule has 6 nitrogen and oxygen atoms in total. The molecule has 0 aliphatic carbocycles. The van der Waals surface area contributed by atoms with Crippen molar-refractivity contribution in [2.75, 3.05) is 18.4 Å². The smallest absolute Gasteiger partial charge is 0.234 e. The minimum absolute atomic E-state index is 0. The molecule has 0 spiro atoms. The third kappa shape index (κ3) is 6.07. The van der Waals surface area contributed by atoms with E-state index in [-0.39, 0.29) is 42.7 Å². The number of carbonyl (C=O) groups excluding carboxylic acids is 2.